The number of nitrogens with two attached hydrogens (primary N) is 1. The lowest BCUT2D eigenvalue weighted by molar-refractivity contribution is 0.285. The fraction of sp³-hybridized carbons (Fsp3) is 0.625. The predicted molar refractivity (Wildman–Crippen MR) is 49.7 cm³/mol. The van der Waals surface area contributed by atoms with Crippen LogP contribution in [-0.2, 0) is 4.74 Å². The number of methoxy groups -OCH3 is 1. The lowest BCUT2D eigenvalue weighted by atomic mass is 10.3. The Morgan fingerprint density at radius 3 is 2.18 bits per heavy atom. The maximum absolute atomic E-state index is 5.37. The van der Waals surface area contributed by atoms with Crippen molar-refractivity contribution in [2.24, 2.45) is 10.7 Å². The van der Waals surface area contributed by atoms with E-state index in [4.69, 9.17) is 10.5 Å². The Labute approximate surface area is 69.0 Å². The Bertz CT molecular complexity index is 139. The molecular formula is C8H18N2O. The monoisotopic (exact) mass is 158 g/mol. The molecule has 0 rings (SSSR count). The summed E-state index contributed by atoms with van der Waals surface area (Å²) in [5.74, 6) is 0.417. The molecular weight excluding hydrogens is 140 g/mol. The fourth-order valence-corrected chi connectivity index (χ4v) is 0.418. The summed E-state index contributed by atoms with van der Waals surface area (Å²) in [6.07, 6.45) is 1.65. The fourth-order valence-electron chi connectivity index (χ4n) is 0.418. The van der Waals surface area contributed by atoms with Crippen molar-refractivity contribution in [3.05, 3.63) is 11.5 Å². The minimum absolute atomic E-state index is 0.417. The lowest BCUT2D eigenvalue weighted by Gasteiger charge is -1.98. The van der Waals surface area contributed by atoms with Gasteiger partial charge in [-0.25, -0.2) is 0 Å². The van der Waals surface area contributed by atoms with Crippen molar-refractivity contribution in [1.82, 2.24) is 0 Å². The summed E-state index contributed by atoms with van der Waals surface area (Å²) in [5, 5.41) is 0. The predicted octanol–water partition coefficient (Wildman–Crippen LogP) is 1.55. The zero-order chi connectivity index (χ0) is 9.28. The highest BCUT2D eigenvalue weighted by Crippen LogP contribution is 1.93. The highest BCUT2D eigenvalue weighted by molar-refractivity contribution is 5.77. The van der Waals surface area contributed by atoms with Crippen molar-refractivity contribution in [2.75, 3.05) is 14.2 Å². The van der Waals surface area contributed by atoms with Crippen LogP contribution >= 0.6 is 0 Å². The summed E-state index contributed by atoms with van der Waals surface area (Å²) in [5.41, 5.74) is 6.22. The third-order valence-corrected chi connectivity index (χ3v) is 0.931. The van der Waals surface area contributed by atoms with E-state index in [0.29, 0.717) is 5.88 Å². The smallest absolute Gasteiger partial charge is 0.188 e. The van der Waals surface area contributed by atoms with E-state index in [1.807, 2.05) is 20.8 Å². The number of hydrogen-bond acceptors (Lipinski definition) is 3. The second-order valence-corrected chi connectivity index (χ2v) is 1.64. The first-order valence-corrected chi connectivity index (χ1v) is 3.65. The van der Waals surface area contributed by atoms with Crippen LogP contribution in [-0.4, -0.2) is 20.4 Å². The van der Waals surface area contributed by atoms with Gasteiger partial charge in [0.1, 0.15) is 0 Å². The van der Waals surface area contributed by atoms with Crippen LogP contribution in [0.25, 0.3) is 0 Å². The largest absolute Gasteiger partial charge is 0.482 e. The van der Waals surface area contributed by atoms with Gasteiger partial charge in [-0.2, -0.15) is 0 Å². The zero-order valence-electron chi connectivity index (χ0n) is 8.01. The molecule has 0 saturated heterocycles. The van der Waals surface area contributed by atoms with Gasteiger partial charge in [0, 0.05) is 18.8 Å². The number of allylic oxidation sites excluding steroid dienone is 1. The lowest BCUT2D eigenvalue weighted by Crippen LogP contribution is -2.03. The van der Waals surface area contributed by atoms with Crippen LogP contribution in [0.5, 0.6) is 0 Å². The van der Waals surface area contributed by atoms with Crippen molar-refractivity contribution in [2.45, 2.75) is 20.8 Å². The number of nitrogens with zero attached hydrogens (tertiary/aromatic N) is 1. The molecule has 0 aliphatic carbocycles. The molecule has 0 heterocycles. The molecule has 0 spiro atoms. The molecule has 0 aromatic carbocycles. The third-order valence-electron chi connectivity index (χ3n) is 0.931. The molecule has 3 heteroatoms. The number of aliphatic imine (C=N–C) groups is 1. The van der Waals surface area contributed by atoms with Crippen LogP contribution in [0.15, 0.2) is 16.4 Å². The summed E-state index contributed by atoms with van der Waals surface area (Å²) >= 11 is 0. The highest BCUT2D eigenvalue weighted by atomic mass is 16.5. The van der Waals surface area contributed by atoms with Crippen LogP contribution in [0.3, 0.4) is 0 Å². The van der Waals surface area contributed by atoms with Crippen molar-refractivity contribution >= 4 is 6.21 Å². The van der Waals surface area contributed by atoms with E-state index in [9.17, 15) is 0 Å². The number of hydrogen-bond donors (Lipinski definition) is 1. The van der Waals surface area contributed by atoms with Gasteiger partial charge in [0.25, 0.3) is 0 Å². The molecule has 0 aliphatic heterocycles. The molecule has 0 amide bonds. The topological polar surface area (TPSA) is 47.6 Å². The summed E-state index contributed by atoms with van der Waals surface area (Å²) in [6, 6.07) is 0. The molecule has 3 nitrogen and oxygen atoms in total. The normalized spacial score (nSPS) is 11.7. The Kier molecular flexibility index (Phi) is 10.4. The summed E-state index contributed by atoms with van der Waals surface area (Å²) < 4.78 is 4.73. The van der Waals surface area contributed by atoms with Crippen LogP contribution in [0.4, 0.5) is 0 Å². The van der Waals surface area contributed by atoms with E-state index in [1.165, 1.54) is 7.11 Å². The SMILES string of the molecule is CC.CN=C/C(C)=C(\N)OC. The van der Waals surface area contributed by atoms with Gasteiger partial charge in [0.15, 0.2) is 5.88 Å². The maximum atomic E-state index is 5.37. The van der Waals surface area contributed by atoms with Gasteiger partial charge in [-0.05, 0) is 6.92 Å². The Hall–Kier alpha value is -0.990. The van der Waals surface area contributed by atoms with E-state index in [0.717, 1.165) is 5.57 Å². The van der Waals surface area contributed by atoms with E-state index >= 15 is 0 Å². The first kappa shape index (κ1) is 12.7. The molecule has 0 aromatic rings. The molecule has 0 aromatic heterocycles. The van der Waals surface area contributed by atoms with Crippen molar-refractivity contribution in [3.63, 3.8) is 0 Å². The first-order valence-electron chi connectivity index (χ1n) is 3.65. The molecule has 0 unspecified atom stereocenters. The minimum atomic E-state index is 0.417. The zero-order valence-corrected chi connectivity index (χ0v) is 8.01. The van der Waals surface area contributed by atoms with Crippen molar-refractivity contribution < 1.29 is 4.74 Å². The van der Waals surface area contributed by atoms with E-state index in [1.54, 1.807) is 13.3 Å². The van der Waals surface area contributed by atoms with Crippen molar-refractivity contribution in [1.29, 1.82) is 0 Å². The molecule has 11 heavy (non-hydrogen) atoms. The van der Waals surface area contributed by atoms with Gasteiger partial charge in [-0.1, -0.05) is 13.8 Å². The average molecular weight is 158 g/mol. The van der Waals surface area contributed by atoms with E-state index < -0.39 is 0 Å². The van der Waals surface area contributed by atoms with Gasteiger partial charge in [-0.3, -0.25) is 4.99 Å². The Balaban J connectivity index is 0. The average Bonchev–Trinajstić information content (AvgIpc) is 2.07. The second-order valence-electron chi connectivity index (χ2n) is 1.64. The molecule has 0 atom stereocenters. The van der Waals surface area contributed by atoms with E-state index in [-0.39, 0.29) is 0 Å². The molecule has 0 saturated carbocycles. The first-order chi connectivity index (χ1) is 5.22. The molecule has 0 radical (unpaired) electrons. The van der Waals surface area contributed by atoms with Crippen LogP contribution < -0.4 is 5.73 Å². The van der Waals surface area contributed by atoms with Crippen LogP contribution in [0.1, 0.15) is 20.8 Å². The Morgan fingerprint density at radius 2 is 1.91 bits per heavy atom. The number of rotatable bonds is 2. The Morgan fingerprint density at radius 1 is 1.45 bits per heavy atom. The molecule has 2 N–H and O–H groups in total. The van der Waals surface area contributed by atoms with Gasteiger partial charge >= 0.3 is 0 Å². The minimum Gasteiger partial charge on any atom is -0.482 e. The maximum Gasteiger partial charge on any atom is 0.188 e. The number of ether oxygens (including phenoxy) is 1. The molecule has 0 bridgehead atoms. The summed E-state index contributed by atoms with van der Waals surface area (Å²) in [4.78, 5) is 3.76. The van der Waals surface area contributed by atoms with Gasteiger partial charge in [-0.15, -0.1) is 0 Å². The third kappa shape index (κ3) is 6.90. The molecule has 0 aliphatic rings. The van der Waals surface area contributed by atoms with E-state index in [2.05, 4.69) is 4.99 Å². The summed E-state index contributed by atoms with van der Waals surface area (Å²) in [6.45, 7) is 5.84. The second kappa shape index (κ2) is 9.01. The molecule has 0 fully saturated rings. The van der Waals surface area contributed by atoms with Crippen molar-refractivity contribution in [3.8, 4) is 0 Å². The standard InChI is InChI=1S/C6H12N2O.C2H6/c1-5(4-8-2)6(7)9-3;1-2/h4H,7H2,1-3H3;1-2H3/b6-5+,8-4?;. The molecule has 66 valence electrons. The van der Waals surface area contributed by atoms with Crippen LogP contribution in [0.2, 0.25) is 0 Å². The van der Waals surface area contributed by atoms with Crippen LogP contribution in [0, 0.1) is 0 Å². The quantitative estimate of drug-likeness (QED) is 0.489. The van der Waals surface area contributed by atoms with Gasteiger partial charge < -0.3 is 10.5 Å². The van der Waals surface area contributed by atoms with Gasteiger partial charge in [0.05, 0.1) is 7.11 Å². The van der Waals surface area contributed by atoms with Gasteiger partial charge in [0.2, 0.25) is 0 Å². The summed E-state index contributed by atoms with van der Waals surface area (Å²) in [7, 11) is 3.22. The highest BCUT2D eigenvalue weighted by Gasteiger charge is 1.89.